The van der Waals surface area contributed by atoms with Gasteiger partial charge >= 0.3 is 0 Å². The van der Waals surface area contributed by atoms with Gasteiger partial charge in [-0.3, -0.25) is 4.79 Å². The number of nitrogens with two attached hydrogens (primary N) is 1. The van der Waals surface area contributed by atoms with E-state index in [1.54, 1.807) is 0 Å². The van der Waals surface area contributed by atoms with Gasteiger partial charge in [0.1, 0.15) is 0 Å². The summed E-state index contributed by atoms with van der Waals surface area (Å²) in [6, 6.07) is 0.685. The maximum atomic E-state index is 12.3. The van der Waals surface area contributed by atoms with Crippen LogP contribution in [0, 0.1) is 0 Å². The molecule has 2 aliphatic heterocycles. The topological polar surface area (TPSA) is 62.5 Å². The summed E-state index contributed by atoms with van der Waals surface area (Å²) in [6.07, 6.45) is 6.68. The number of amides is 1. The molecule has 0 spiro atoms. The minimum atomic E-state index is 0.192. The predicted octanol–water partition coefficient (Wildman–Crippen LogP) is 1.74. The van der Waals surface area contributed by atoms with Crippen molar-refractivity contribution < 1.29 is 4.79 Å². The number of aromatic nitrogens is 1. The number of carbonyl (C=O) groups is 1. The van der Waals surface area contributed by atoms with Gasteiger partial charge in [-0.25, -0.2) is 4.98 Å². The molecule has 0 atom stereocenters. The first kappa shape index (κ1) is 14.8. The summed E-state index contributed by atoms with van der Waals surface area (Å²) in [6.45, 7) is 4.27. The molecule has 0 bridgehead atoms. The van der Waals surface area contributed by atoms with Crippen LogP contribution in [0.25, 0.3) is 0 Å². The smallest absolute Gasteiger partial charge is 0.228 e. The fraction of sp³-hybridized carbons (Fsp3) is 0.733. The van der Waals surface area contributed by atoms with E-state index in [1.807, 2.05) is 10.3 Å². The summed E-state index contributed by atoms with van der Waals surface area (Å²) in [4.78, 5) is 21.1. The molecule has 1 amide bonds. The highest BCUT2D eigenvalue weighted by Gasteiger charge is 2.27. The molecule has 0 aromatic carbocycles. The Balaban J connectivity index is 1.47. The summed E-state index contributed by atoms with van der Waals surface area (Å²) in [5.74, 6) is 0.192. The fourth-order valence-electron chi connectivity index (χ4n) is 3.43. The van der Waals surface area contributed by atoms with Crippen molar-refractivity contribution in [3.8, 4) is 0 Å². The van der Waals surface area contributed by atoms with Crippen LogP contribution in [0.15, 0.2) is 5.38 Å². The Kier molecular flexibility index (Phi) is 4.75. The second-order valence-corrected chi connectivity index (χ2v) is 6.95. The van der Waals surface area contributed by atoms with Gasteiger partial charge in [-0.2, -0.15) is 0 Å². The number of carbonyl (C=O) groups excluding carboxylic acids is 1. The van der Waals surface area contributed by atoms with Crippen LogP contribution < -0.4 is 5.73 Å². The lowest BCUT2D eigenvalue weighted by Crippen LogP contribution is -2.48. The average Bonchev–Trinajstić information content (AvgIpc) is 2.93. The third kappa shape index (κ3) is 3.74. The molecule has 6 heteroatoms. The van der Waals surface area contributed by atoms with Gasteiger partial charge in [-0.15, -0.1) is 11.3 Å². The standard InChI is InChI=1S/C15H24N4OS/c16-15-17-12(11-21-15)10-14(20)19-8-4-13(5-9-19)18-6-2-1-3-7-18/h11,13H,1-10H2,(H2,16,17). The Morgan fingerprint density at radius 3 is 2.57 bits per heavy atom. The van der Waals surface area contributed by atoms with E-state index in [0.717, 1.165) is 31.6 Å². The van der Waals surface area contributed by atoms with Gasteiger partial charge in [0.25, 0.3) is 0 Å². The van der Waals surface area contributed by atoms with E-state index >= 15 is 0 Å². The Hall–Kier alpha value is -1.14. The van der Waals surface area contributed by atoms with Crippen LogP contribution in [-0.4, -0.2) is 52.9 Å². The molecular weight excluding hydrogens is 284 g/mol. The zero-order valence-corrected chi connectivity index (χ0v) is 13.3. The van der Waals surface area contributed by atoms with E-state index in [0.29, 0.717) is 17.6 Å². The van der Waals surface area contributed by atoms with E-state index in [-0.39, 0.29) is 5.91 Å². The SMILES string of the molecule is Nc1nc(CC(=O)N2CCC(N3CCCCC3)CC2)cs1. The highest BCUT2D eigenvalue weighted by molar-refractivity contribution is 7.13. The van der Waals surface area contributed by atoms with Crippen molar-refractivity contribution in [2.24, 2.45) is 0 Å². The molecule has 3 rings (SSSR count). The normalized spacial score (nSPS) is 21.6. The van der Waals surface area contributed by atoms with Gasteiger partial charge in [0.15, 0.2) is 5.13 Å². The molecule has 0 saturated carbocycles. The summed E-state index contributed by atoms with van der Waals surface area (Å²) in [5, 5.41) is 2.43. The maximum Gasteiger partial charge on any atom is 0.228 e. The molecule has 1 aromatic heterocycles. The van der Waals surface area contributed by atoms with Gasteiger partial charge in [0.2, 0.25) is 5.91 Å². The predicted molar refractivity (Wildman–Crippen MR) is 85.3 cm³/mol. The Morgan fingerprint density at radius 2 is 1.95 bits per heavy atom. The number of anilines is 1. The second-order valence-electron chi connectivity index (χ2n) is 6.06. The van der Waals surface area contributed by atoms with Gasteiger partial charge in [-0.05, 0) is 38.8 Å². The molecule has 0 radical (unpaired) electrons. The summed E-state index contributed by atoms with van der Waals surface area (Å²) in [5.41, 5.74) is 6.42. The van der Waals surface area contributed by atoms with Gasteiger partial charge < -0.3 is 15.5 Å². The lowest BCUT2D eigenvalue weighted by Gasteiger charge is -2.40. The number of rotatable bonds is 3. The first-order chi connectivity index (χ1) is 10.2. The van der Waals surface area contributed by atoms with Gasteiger partial charge in [-0.1, -0.05) is 6.42 Å². The number of piperidine rings is 2. The van der Waals surface area contributed by atoms with Crippen LogP contribution in [0.4, 0.5) is 5.13 Å². The Morgan fingerprint density at radius 1 is 1.24 bits per heavy atom. The third-order valence-corrected chi connectivity index (χ3v) is 5.35. The van der Waals surface area contributed by atoms with E-state index < -0.39 is 0 Å². The van der Waals surface area contributed by atoms with E-state index in [4.69, 9.17) is 5.73 Å². The molecule has 0 unspecified atom stereocenters. The molecular formula is C15H24N4OS. The van der Waals surface area contributed by atoms with E-state index in [9.17, 15) is 4.79 Å². The van der Waals surface area contributed by atoms with E-state index in [1.165, 1.54) is 43.7 Å². The van der Waals surface area contributed by atoms with Crippen molar-refractivity contribution in [2.45, 2.75) is 44.6 Å². The maximum absolute atomic E-state index is 12.3. The highest BCUT2D eigenvalue weighted by Crippen LogP contribution is 2.21. The van der Waals surface area contributed by atoms with E-state index in [2.05, 4.69) is 9.88 Å². The molecule has 2 aliphatic rings. The fourth-order valence-corrected chi connectivity index (χ4v) is 4.00. The first-order valence-electron chi connectivity index (χ1n) is 7.94. The van der Waals surface area contributed by atoms with Crippen molar-refractivity contribution in [1.29, 1.82) is 0 Å². The van der Waals surface area contributed by atoms with Gasteiger partial charge in [0, 0.05) is 24.5 Å². The van der Waals surface area contributed by atoms with Gasteiger partial charge in [0.05, 0.1) is 12.1 Å². The highest BCUT2D eigenvalue weighted by atomic mass is 32.1. The minimum absolute atomic E-state index is 0.192. The van der Waals surface area contributed by atoms with Crippen molar-refractivity contribution in [3.05, 3.63) is 11.1 Å². The third-order valence-electron chi connectivity index (χ3n) is 4.63. The summed E-state index contributed by atoms with van der Waals surface area (Å²) < 4.78 is 0. The van der Waals surface area contributed by atoms with Crippen molar-refractivity contribution in [3.63, 3.8) is 0 Å². The van der Waals surface area contributed by atoms with Crippen LogP contribution >= 0.6 is 11.3 Å². The monoisotopic (exact) mass is 308 g/mol. The number of hydrogen-bond acceptors (Lipinski definition) is 5. The first-order valence-corrected chi connectivity index (χ1v) is 8.82. The molecule has 5 nitrogen and oxygen atoms in total. The molecule has 2 fully saturated rings. The Bertz CT molecular complexity index is 476. The summed E-state index contributed by atoms with van der Waals surface area (Å²) >= 11 is 1.40. The van der Waals surface area contributed by atoms with Crippen molar-refractivity contribution >= 4 is 22.4 Å². The molecule has 2 N–H and O–H groups in total. The zero-order valence-electron chi connectivity index (χ0n) is 12.5. The molecule has 116 valence electrons. The van der Waals surface area contributed by atoms with Crippen LogP contribution in [-0.2, 0) is 11.2 Å². The quantitative estimate of drug-likeness (QED) is 0.924. The molecule has 2 saturated heterocycles. The van der Waals surface area contributed by atoms with Crippen LogP contribution in [0.5, 0.6) is 0 Å². The number of nitrogen functional groups attached to an aromatic ring is 1. The zero-order chi connectivity index (χ0) is 14.7. The summed E-state index contributed by atoms with van der Waals surface area (Å²) in [7, 11) is 0. The molecule has 3 heterocycles. The second kappa shape index (κ2) is 6.75. The van der Waals surface area contributed by atoms with Crippen LogP contribution in [0.2, 0.25) is 0 Å². The number of likely N-dealkylation sites (tertiary alicyclic amines) is 2. The Labute approximate surface area is 130 Å². The minimum Gasteiger partial charge on any atom is -0.375 e. The number of thiazole rings is 1. The largest absolute Gasteiger partial charge is 0.375 e. The lowest BCUT2D eigenvalue weighted by molar-refractivity contribution is -0.132. The van der Waals surface area contributed by atoms with Crippen LogP contribution in [0.3, 0.4) is 0 Å². The van der Waals surface area contributed by atoms with Crippen LogP contribution in [0.1, 0.15) is 37.8 Å². The van der Waals surface area contributed by atoms with Crippen molar-refractivity contribution in [2.75, 3.05) is 31.9 Å². The molecule has 21 heavy (non-hydrogen) atoms. The molecule has 1 aromatic rings. The van der Waals surface area contributed by atoms with Crippen molar-refractivity contribution in [1.82, 2.24) is 14.8 Å². The number of hydrogen-bond donors (Lipinski definition) is 1. The lowest BCUT2D eigenvalue weighted by atomic mass is 9.99. The number of nitrogens with zero attached hydrogens (tertiary/aromatic N) is 3. The average molecular weight is 308 g/mol. The molecule has 0 aliphatic carbocycles.